The predicted molar refractivity (Wildman–Crippen MR) is 104 cm³/mol. The molecule has 7 nitrogen and oxygen atoms in total. The highest BCUT2D eigenvalue weighted by Crippen LogP contribution is 2.13. The van der Waals surface area contributed by atoms with Crippen LogP contribution in [-0.2, 0) is 17.8 Å². The Hall–Kier alpha value is -3.92. The molecule has 1 N–H and O–H groups in total. The van der Waals surface area contributed by atoms with E-state index >= 15 is 0 Å². The standard InChI is InChI=1S/C21H17N3O4/c1-3-12-24-20(26)17-7-5-4-6-16(17)18(23-24)13-22-19(25)14-8-10-15(11-9-14)21(27)28-2/h1,4-11H,12-13H2,2H3,(H,22,25). The minimum atomic E-state index is -0.474. The highest BCUT2D eigenvalue weighted by molar-refractivity contribution is 5.96. The zero-order valence-electron chi connectivity index (χ0n) is 15.1. The molecule has 28 heavy (non-hydrogen) atoms. The number of hydrogen-bond acceptors (Lipinski definition) is 5. The Labute approximate surface area is 160 Å². The number of carbonyl (C=O) groups is 2. The molecular weight excluding hydrogens is 358 g/mol. The lowest BCUT2D eigenvalue weighted by atomic mass is 10.1. The third-order valence-corrected chi connectivity index (χ3v) is 4.17. The summed E-state index contributed by atoms with van der Waals surface area (Å²) in [4.78, 5) is 36.3. The average Bonchev–Trinajstić information content (AvgIpc) is 2.74. The van der Waals surface area contributed by atoms with E-state index < -0.39 is 5.97 Å². The number of methoxy groups -OCH3 is 1. The zero-order chi connectivity index (χ0) is 20.1. The van der Waals surface area contributed by atoms with Gasteiger partial charge in [0.15, 0.2) is 0 Å². The first-order valence-electron chi connectivity index (χ1n) is 8.44. The number of ether oxygens (including phenoxy) is 1. The van der Waals surface area contributed by atoms with Crippen LogP contribution in [0.2, 0.25) is 0 Å². The van der Waals surface area contributed by atoms with Gasteiger partial charge in [0.1, 0.15) is 6.54 Å². The molecule has 1 amide bonds. The van der Waals surface area contributed by atoms with Gasteiger partial charge >= 0.3 is 5.97 Å². The molecular formula is C21H17N3O4. The number of hydrogen-bond donors (Lipinski definition) is 1. The zero-order valence-corrected chi connectivity index (χ0v) is 15.1. The molecule has 0 fully saturated rings. The van der Waals surface area contributed by atoms with E-state index in [1.54, 1.807) is 24.3 Å². The summed E-state index contributed by atoms with van der Waals surface area (Å²) in [6.07, 6.45) is 5.31. The van der Waals surface area contributed by atoms with E-state index in [0.29, 0.717) is 27.6 Å². The maximum atomic E-state index is 12.4. The van der Waals surface area contributed by atoms with E-state index in [1.807, 2.05) is 0 Å². The van der Waals surface area contributed by atoms with Crippen molar-refractivity contribution in [1.82, 2.24) is 15.1 Å². The molecule has 0 atom stereocenters. The van der Waals surface area contributed by atoms with Gasteiger partial charge in [0.05, 0.1) is 30.3 Å². The number of carbonyl (C=O) groups excluding carboxylic acids is 2. The van der Waals surface area contributed by atoms with Crippen molar-refractivity contribution in [1.29, 1.82) is 0 Å². The number of benzene rings is 2. The van der Waals surface area contributed by atoms with Crippen molar-refractivity contribution in [2.45, 2.75) is 13.1 Å². The van der Waals surface area contributed by atoms with E-state index in [-0.39, 0.29) is 24.6 Å². The van der Waals surface area contributed by atoms with Gasteiger partial charge in [-0.25, -0.2) is 9.48 Å². The van der Waals surface area contributed by atoms with Gasteiger partial charge in [-0.2, -0.15) is 5.10 Å². The number of nitrogens with zero attached hydrogens (tertiary/aromatic N) is 2. The fraction of sp³-hybridized carbons (Fsp3) is 0.143. The van der Waals surface area contributed by atoms with Crippen LogP contribution in [0.15, 0.2) is 53.3 Å². The van der Waals surface area contributed by atoms with Gasteiger partial charge in [-0.15, -0.1) is 6.42 Å². The lowest BCUT2D eigenvalue weighted by Gasteiger charge is -2.10. The summed E-state index contributed by atoms with van der Waals surface area (Å²) in [6, 6.07) is 13.1. The Balaban J connectivity index is 1.84. The number of amides is 1. The Morgan fingerprint density at radius 3 is 2.39 bits per heavy atom. The number of terminal acetylenes is 1. The molecule has 0 aliphatic carbocycles. The Bertz CT molecular complexity index is 1140. The SMILES string of the molecule is C#CCn1nc(CNC(=O)c2ccc(C(=O)OC)cc2)c2ccccc2c1=O. The summed E-state index contributed by atoms with van der Waals surface area (Å²) in [5, 5.41) is 8.20. The van der Waals surface area contributed by atoms with Crippen LogP contribution in [0.3, 0.4) is 0 Å². The van der Waals surface area contributed by atoms with Crippen LogP contribution < -0.4 is 10.9 Å². The molecule has 0 aliphatic rings. The van der Waals surface area contributed by atoms with Gasteiger partial charge in [-0.1, -0.05) is 24.1 Å². The number of aromatic nitrogens is 2. The summed E-state index contributed by atoms with van der Waals surface area (Å²) in [6.45, 7) is 0.155. The second-order valence-electron chi connectivity index (χ2n) is 5.91. The Morgan fingerprint density at radius 1 is 1.11 bits per heavy atom. The van der Waals surface area contributed by atoms with Crippen molar-refractivity contribution in [3.8, 4) is 12.3 Å². The Kier molecular flexibility index (Phi) is 5.51. The van der Waals surface area contributed by atoms with E-state index in [0.717, 1.165) is 0 Å². The van der Waals surface area contributed by atoms with Crippen LogP contribution in [-0.4, -0.2) is 28.8 Å². The fourth-order valence-corrected chi connectivity index (χ4v) is 2.77. The molecule has 3 aromatic rings. The van der Waals surface area contributed by atoms with E-state index in [9.17, 15) is 14.4 Å². The highest BCUT2D eigenvalue weighted by atomic mass is 16.5. The van der Waals surface area contributed by atoms with Crippen LogP contribution in [0, 0.1) is 12.3 Å². The number of esters is 1. The molecule has 3 rings (SSSR count). The molecule has 0 saturated carbocycles. The summed E-state index contributed by atoms with van der Waals surface area (Å²) in [5.74, 6) is 1.59. The van der Waals surface area contributed by atoms with E-state index in [2.05, 4.69) is 21.1 Å². The van der Waals surface area contributed by atoms with Crippen LogP contribution in [0.5, 0.6) is 0 Å². The van der Waals surface area contributed by atoms with Gasteiger partial charge in [0.25, 0.3) is 11.5 Å². The van der Waals surface area contributed by atoms with Crippen molar-refractivity contribution >= 4 is 22.6 Å². The predicted octanol–water partition coefficient (Wildman–Crippen LogP) is 1.75. The van der Waals surface area contributed by atoms with Crippen LogP contribution in [0.25, 0.3) is 10.8 Å². The molecule has 7 heteroatoms. The minimum absolute atomic E-state index is 0.0413. The molecule has 1 aromatic heterocycles. The van der Waals surface area contributed by atoms with Crippen LogP contribution in [0.4, 0.5) is 0 Å². The van der Waals surface area contributed by atoms with Crippen molar-refractivity contribution in [2.24, 2.45) is 0 Å². The molecule has 0 spiro atoms. The van der Waals surface area contributed by atoms with Gasteiger partial charge in [-0.3, -0.25) is 9.59 Å². The third kappa shape index (κ3) is 3.76. The number of rotatable bonds is 5. The first-order valence-corrected chi connectivity index (χ1v) is 8.44. The first-order chi connectivity index (χ1) is 13.5. The van der Waals surface area contributed by atoms with Crippen molar-refractivity contribution in [3.05, 3.63) is 75.7 Å². The Morgan fingerprint density at radius 2 is 1.75 bits per heavy atom. The smallest absolute Gasteiger partial charge is 0.337 e. The largest absolute Gasteiger partial charge is 0.465 e. The first kappa shape index (κ1) is 18.9. The molecule has 0 aliphatic heterocycles. The highest BCUT2D eigenvalue weighted by Gasteiger charge is 2.13. The lowest BCUT2D eigenvalue weighted by Crippen LogP contribution is -2.28. The topological polar surface area (TPSA) is 90.3 Å². The monoisotopic (exact) mass is 375 g/mol. The molecule has 0 saturated heterocycles. The fourth-order valence-electron chi connectivity index (χ4n) is 2.77. The van der Waals surface area contributed by atoms with Gasteiger partial charge in [0, 0.05) is 10.9 Å². The van der Waals surface area contributed by atoms with E-state index in [4.69, 9.17) is 6.42 Å². The van der Waals surface area contributed by atoms with Crippen LogP contribution >= 0.6 is 0 Å². The average molecular weight is 375 g/mol. The minimum Gasteiger partial charge on any atom is -0.465 e. The van der Waals surface area contributed by atoms with Crippen molar-refractivity contribution in [3.63, 3.8) is 0 Å². The second kappa shape index (κ2) is 8.18. The molecule has 1 heterocycles. The molecule has 0 unspecified atom stereocenters. The molecule has 0 radical (unpaired) electrons. The van der Waals surface area contributed by atoms with Crippen molar-refractivity contribution in [2.75, 3.05) is 7.11 Å². The molecule has 140 valence electrons. The van der Waals surface area contributed by atoms with Gasteiger partial charge < -0.3 is 10.1 Å². The van der Waals surface area contributed by atoms with Crippen LogP contribution in [0.1, 0.15) is 26.4 Å². The second-order valence-corrected chi connectivity index (χ2v) is 5.91. The van der Waals surface area contributed by atoms with Gasteiger partial charge in [0.2, 0.25) is 0 Å². The van der Waals surface area contributed by atoms with E-state index in [1.165, 1.54) is 36.1 Å². The maximum absolute atomic E-state index is 12.4. The molecule has 2 aromatic carbocycles. The number of fused-ring (bicyclic) bond motifs is 1. The summed E-state index contributed by atoms with van der Waals surface area (Å²) < 4.78 is 5.84. The third-order valence-electron chi connectivity index (χ3n) is 4.17. The lowest BCUT2D eigenvalue weighted by molar-refractivity contribution is 0.0600. The summed E-state index contributed by atoms with van der Waals surface area (Å²) in [5.41, 5.74) is 0.994. The van der Waals surface area contributed by atoms with Crippen molar-refractivity contribution < 1.29 is 14.3 Å². The van der Waals surface area contributed by atoms with Gasteiger partial charge in [-0.05, 0) is 30.3 Å². The molecule has 0 bridgehead atoms. The summed E-state index contributed by atoms with van der Waals surface area (Å²) >= 11 is 0. The number of nitrogens with one attached hydrogen (secondary N) is 1. The normalized spacial score (nSPS) is 10.3. The quantitative estimate of drug-likeness (QED) is 0.542. The summed E-state index contributed by atoms with van der Waals surface area (Å²) in [7, 11) is 1.29. The maximum Gasteiger partial charge on any atom is 0.337 e.